The van der Waals surface area contributed by atoms with Crippen LogP contribution in [0.15, 0.2) is 36.4 Å². The molecule has 2 aromatic rings. The summed E-state index contributed by atoms with van der Waals surface area (Å²) < 4.78 is 43.2. The number of ether oxygens (including phenoxy) is 1. The van der Waals surface area contributed by atoms with Crippen molar-refractivity contribution in [3.8, 4) is 5.75 Å². The maximum absolute atomic E-state index is 13.4. The summed E-state index contributed by atoms with van der Waals surface area (Å²) >= 11 is 1.99. The Labute approximate surface area is 156 Å². The molecule has 0 saturated carbocycles. The average molecular weight is 461 g/mol. The van der Waals surface area contributed by atoms with E-state index in [-0.39, 0.29) is 23.3 Å². The fraction of sp³-hybridized carbons (Fsp3) is 0.278. The number of benzene rings is 2. The predicted octanol–water partition coefficient (Wildman–Crippen LogP) is 4.84. The van der Waals surface area contributed by atoms with E-state index in [4.69, 9.17) is 0 Å². The van der Waals surface area contributed by atoms with Gasteiger partial charge in [0, 0.05) is 3.57 Å². The van der Waals surface area contributed by atoms with Gasteiger partial charge >= 0.3 is 6.61 Å². The average Bonchev–Trinajstić information content (AvgIpc) is 2.56. The van der Waals surface area contributed by atoms with E-state index in [0.717, 1.165) is 30.4 Å². The van der Waals surface area contributed by atoms with E-state index in [2.05, 4.69) is 10.1 Å². The van der Waals surface area contributed by atoms with Crippen LogP contribution in [0.2, 0.25) is 0 Å². The number of carbonyl (C=O) groups excluding carboxylic acids is 1. The molecule has 0 radical (unpaired) electrons. The van der Waals surface area contributed by atoms with Crippen molar-refractivity contribution in [3.63, 3.8) is 0 Å². The van der Waals surface area contributed by atoms with Crippen LogP contribution in [0.1, 0.15) is 40.4 Å². The molecule has 3 nitrogen and oxygen atoms in total. The fourth-order valence-electron chi connectivity index (χ4n) is 3.02. The molecule has 3 rings (SSSR count). The van der Waals surface area contributed by atoms with Gasteiger partial charge < -0.3 is 10.1 Å². The molecule has 0 saturated heterocycles. The van der Waals surface area contributed by atoms with Crippen LogP contribution in [-0.2, 0) is 6.42 Å². The number of amides is 1. The Morgan fingerprint density at radius 3 is 2.80 bits per heavy atom. The van der Waals surface area contributed by atoms with Gasteiger partial charge in [0.15, 0.2) is 0 Å². The topological polar surface area (TPSA) is 38.3 Å². The Balaban J connectivity index is 1.81. The Hall–Kier alpha value is -1.77. The van der Waals surface area contributed by atoms with Gasteiger partial charge in [-0.05, 0) is 83.3 Å². The van der Waals surface area contributed by atoms with Crippen molar-refractivity contribution in [2.24, 2.45) is 0 Å². The number of alkyl halides is 2. The van der Waals surface area contributed by atoms with Crippen LogP contribution in [0, 0.1) is 9.39 Å². The maximum Gasteiger partial charge on any atom is 0.387 e. The first kappa shape index (κ1) is 18.0. The van der Waals surface area contributed by atoms with Crippen LogP contribution < -0.4 is 10.1 Å². The number of carbonyl (C=O) groups is 1. The summed E-state index contributed by atoms with van der Waals surface area (Å²) in [5, 5.41) is 2.92. The summed E-state index contributed by atoms with van der Waals surface area (Å²) in [5.74, 6) is -0.710. The van der Waals surface area contributed by atoms with Crippen molar-refractivity contribution < 1.29 is 22.7 Å². The van der Waals surface area contributed by atoms with E-state index in [1.165, 1.54) is 18.2 Å². The summed E-state index contributed by atoms with van der Waals surface area (Å²) in [6.45, 7) is -2.87. The normalized spacial score (nSPS) is 16.4. The summed E-state index contributed by atoms with van der Waals surface area (Å²) in [7, 11) is 0. The summed E-state index contributed by atoms with van der Waals surface area (Å²) in [5.41, 5.74) is 2.04. The Morgan fingerprint density at radius 1 is 1.24 bits per heavy atom. The molecule has 2 aromatic carbocycles. The lowest BCUT2D eigenvalue weighted by atomic mass is 9.87. The molecule has 7 heteroatoms. The van der Waals surface area contributed by atoms with Crippen molar-refractivity contribution in [1.82, 2.24) is 5.32 Å². The van der Waals surface area contributed by atoms with Crippen molar-refractivity contribution in [2.75, 3.05) is 0 Å². The van der Waals surface area contributed by atoms with E-state index >= 15 is 0 Å². The Kier molecular flexibility index (Phi) is 5.51. The van der Waals surface area contributed by atoms with Crippen molar-refractivity contribution >= 4 is 28.5 Å². The number of halogens is 4. The molecule has 132 valence electrons. The second-order valence-corrected chi connectivity index (χ2v) is 6.94. The van der Waals surface area contributed by atoms with Crippen LogP contribution in [0.4, 0.5) is 13.2 Å². The highest BCUT2D eigenvalue weighted by Crippen LogP contribution is 2.33. The monoisotopic (exact) mass is 461 g/mol. The Morgan fingerprint density at radius 2 is 2.04 bits per heavy atom. The van der Waals surface area contributed by atoms with E-state index in [0.29, 0.717) is 3.57 Å². The number of hydrogen-bond acceptors (Lipinski definition) is 2. The first-order chi connectivity index (χ1) is 11.9. The summed E-state index contributed by atoms with van der Waals surface area (Å²) in [4.78, 5) is 12.5. The standard InChI is InChI=1S/C18H15F3INO2/c19-11-4-7-15(22)14(9-11)17(24)23-16-3-1-2-10-8-12(25-18(20)21)5-6-13(10)16/h4-9,16,18H,1-3H2,(H,23,24). The lowest BCUT2D eigenvalue weighted by molar-refractivity contribution is -0.0499. The third kappa shape index (κ3) is 4.26. The number of rotatable bonds is 4. The van der Waals surface area contributed by atoms with Crippen LogP contribution in [0.5, 0.6) is 5.75 Å². The van der Waals surface area contributed by atoms with E-state index in [1.807, 2.05) is 22.6 Å². The lowest BCUT2D eigenvalue weighted by Crippen LogP contribution is -2.31. The molecule has 0 fully saturated rings. The van der Waals surface area contributed by atoms with E-state index in [9.17, 15) is 18.0 Å². The van der Waals surface area contributed by atoms with Crippen molar-refractivity contribution in [2.45, 2.75) is 31.9 Å². The molecule has 0 aromatic heterocycles. The zero-order valence-corrected chi connectivity index (χ0v) is 15.2. The Bertz CT molecular complexity index is 798. The van der Waals surface area contributed by atoms with Gasteiger partial charge in [-0.3, -0.25) is 4.79 Å². The number of nitrogens with one attached hydrogen (secondary N) is 1. The molecule has 0 spiro atoms. The molecular weight excluding hydrogens is 446 g/mol. The first-order valence-electron chi connectivity index (χ1n) is 7.77. The molecule has 1 aliphatic carbocycles. The summed E-state index contributed by atoms with van der Waals surface area (Å²) in [6.07, 6.45) is 2.29. The third-order valence-electron chi connectivity index (χ3n) is 4.13. The quantitative estimate of drug-likeness (QED) is 0.663. The van der Waals surface area contributed by atoms with Crippen LogP contribution >= 0.6 is 22.6 Å². The maximum atomic E-state index is 13.4. The second kappa shape index (κ2) is 7.63. The van der Waals surface area contributed by atoms with Crippen LogP contribution in [-0.4, -0.2) is 12.5 Å². The lowest BCUT2D eigenvalue weighted by Gasteiger charge is -2.27. The molecule has 1 atom stereocenters. The number of hydrogen-bond donors (Lipinski definition) is 1. The minimum Gasteiger partial charge on any atom is -0.435 e. The molecule has 0 heterocycles. The highest BCUT2D eigenvalue weighted by Gasteiger charge is 2.24. The third-order valence-corrected chi connectivity index (χ3v) is 5.07. The summed E-state index contributed by atoms with van der Waals surface area (Å²) in [6, 6.07) is 8.59. The smallest absolute Gasteiger partial charge is 0.387 e. The van der Waals surface area contributed by atoms with Crippen molar-refractivity contribution in [3.05, 3.63) is 62.5 Å². The van der Waals surface area contributed by atoms with Gasteiger partial charge in [0.25, 0.3) is 5.91 Å². The molecule has 1 N–H and O–H groups in total. The highest BCUT2D eigenvalue weighted by atomic mass is 127. The second-order valence-electron chi connectivity index (χ2n) is 5.78. The first-order valence-corrected chi connectivity index (χ1v) is 8.85. The van der Waals surface area contributed by atoms with Crippen LogP contribution in [0.25, 0.3) is 0 Å². The minimum atomic E-state index is -2.87. The van der Waals surface area contributed by atoms with Gasteiger partial charge in [-0.2, -0.15) is 8.78 Å². The van der Waals surface area contributed by atoms with Gasteiger partial charge in [0.2, 0.25) is 0 Å². The highest BCUT2D eigenvalue weighted by molar-refractivity contribution is 14.1. The predicted molar refractivity (Wildman–Crippen MR) is 95.3 cm³/mol. The minimum absolute atomic E-state index is 0.111. The molecule has 0 bridgehead atoms. The van der Waals surface area contributed by atoms with E-state index in [1.54, 1.807) is 18.2 Å². The molecule has 25 heavy (non-hydrogen) atoms. The van der Waals surface area contributed by atoms with Crippen LogP contribution in [0.3, 0.4) is 0 Å². The fourth-order valence-corrected chi connectivity index (χ4v) is 3.60. The van der Waals surface area contributed by atoms with Gasteiger partial charge in [0.1, 0.15) is 11.6 Å². The zero-order chi connectivity index (χ0) is 18.0. The van der Waals surface area contributed by atoms with Gasteiger partial charge in [-0.1, -0.05) is 6.07 Å². The molecule has 0 aliphatic heterocycles. The number of aryl methyl sites for hydroxylation is 1. The SMILES string of the molecule is O=C(NC1CCCc2cc(OC(F)F)ccc21)c1cc(F)ccc1I. The molecule has 1 unspecified atom stereocenters. The van der Waals surface area contributed by atoms with Gasteiger partial charge in [-0.15, -0.1) is 0 Å². The van der Waals surface area contributed by atoms with Gasteiger partial charge in [0.05, 0.1) is 11.6 Å². The zero-order valence-electron chi connectivity index (χ0n) is 13.1. The number of fused-ring (bicyclic) bond motifs is 1. The molecular formula is C18H15F3INO2. The largest absolute Gasteiger partial charge is 0.435 e. The van der Waals surface area contributed by atoms with Gasteiger partial charge in [-0.25, -0.2) is 4.39 Å². The van der Waals surface area contributed by atoms with Crippen molar-refractivity contribution in [1.29, 1.82) is 0 Å². The molecule has 1 amide bonds. The van der Waals surface area contributed by atoms with E-state index < -0.39 is 12.4 Å². The molecule has 1 aliphatic rings.